The van der Waals surface area contributed by atoms with Gasteiger partial charge in [-0.05, 0) is 47.0 Å². The quantitative estimate of drug-likeness (QED) is 0.919. The van der Waals surface area contributed by atoms with E-state index in [2.05, 4.69) is 26.2 Å². The summed E-state index contributed by atoms with van der Waals surface area (Å²) in [6, 6.07) is 7.90. The zero-order valence-corrected chi connectivity index (χ0v) is 13.9. The largest absolute Gasteiger partial charge is 0.364 e. The molecule has 0 aliphatic heterocycles. The Morgan fingerprint density at radius 1 is 1.29 bits per heavy atom. The summed E-state index contributed by atoms with van der Waals surface area (Å²) < 4.78 is 0.891. The highest BCUT2D eigenvalue weighted by molar-refractivity contribution is 9.10. The Labute approximate surface area is 133 Å². The molecule has 0 bridgehead atoms. The van der Waals surface area contributed by atoms with Crippen LogP contribution < -0.4 is 10.2 Å². The number of aryl methyl sites for hydroxylation is 2. The third-order valence-electron chi connectivity index (χ3n) is 3.26. The standard InChI is InChI=1S/C16H18BrN3O/c1-11-5-4-6-12(2)16(11)19-15(21)10-20(3)14-7-13(17)8-18-9-14/h4-9H,10H2,1-3H3,(H,19,21). The van der Waals surface area contributed by atoms with Crippen LogP contribution in [0.5, 0.6) is 0 Å². The summed E-state index contributed by atoms with van der Waals surface area (Å²) in [5.74, 6) is -0.0464. The molecule has 1 amide bonds. The minimum absolute atomic E-state index is 0.0464. The van der Waals surface area contributed by atoms with Crippen LogP contribution in [0.15, 0.2) is 41.1 Å². The van der Waals surface area contributed by atoms with Gasteiger partial charge in [0.1, 0.15) is 0 Å². The van der Waals surface area contributed by atoms with Gasteiger partial charge in [0.2, 0.25) is 5.91 Å². The van der Waals surface area contributed by atoms with Gasteiger partial charge in [-0.25, -0.2) is 0 Å². The number of nitrogens with one attached hydrogen (secondary N) is 1. The maximum absolute atomic E-state index is 12.2. The number of likely N-dealkylation sites (N-methyl/N-ethyl adjacent to an activating group) is 1. The van der Waals surface area contributed by atoms with Gasteiger partial charge < -0.3 is 10.2 Å². The molecule has 110 valence electrons. The van der Waals surface area contributed by atoms with Gasteiger partial charge in [-0.3, -0.25) is 9.78 Å². The number of hydrogen-bond acceptors (Lipinski definition) is 3. The molecule has 0 aliphatic rings. The van der Waals surface area contributed by atoms with Crippen molar-refractivity contribution >= 4 is 33.2 Å². The molecule has 0 radical (unpaired) electrons. The van der Waals surface area contributed by atoms with Crippen LogP contribution in [0.4, 0.5) is 11.4 Å². The summed E-state index contributed by atoms with van der Waals surface area (Å²) in [4.78, 5) is 18.2. The first-order valence-electron chi connectivity index (χ1n) is 6.65. The number of nitrogens with zero attached hydrogens (tertiary/aromatic N) is 2. The van der Waals surface area contributed by atoms with Crippen LogP contribution in [0, 0.1) is 13.8 Å². The number of hydrogen-bond donors (Lipinski definition) is 1. The topological polar surface area (TPSA) is 45.2 Å². The van der Waals surface area contributed by atoms with Gasteiger partial charge in [0, 0.05) is 23.4 Å². The molecule has 2 rings (SSSR count). The first kappa shape index (κ1) is 15.5. The van der Waals surface area contributed by atoms with Crippen LogP contribution in [0.1, 0.15) is 11.1 Å². The van der Waals surface area contributed by atoms with Gasteiger partial charge in [0.05, 0.1) is 18.4 Å². The molecule has 1 N–H and O–H groups in total. The highest BCUT2D eigenvalue weighted by atomic mass is 79.9. The molecule has 5 heteroatoms. The summed E-state index contributed by atoms with van der Waals surface area (Å²) in [6.07, 6.45) is 3.45. The van der Waals surface area contributed by atoms with E-state index in [0.717, 1.165) is 27.0 Å². The van der Waals surface area contributed by atoms with Gasteiger partial charge in [-0.15, -0.1) is 0 Å². The van der Waals surface area contributed by atoms with Gasteiger partial charge in [0.25, 0.3) is 0 Å². The molecular formula is C16H18BrN3O. The number of aromatic nitrogens is 1. The molecule has 1 aromatic heterocycles. The van der Waals surface area contributed by atoms with Gasteiger partial charge in [-0.1, -0.05) is 18.2 Å². The van der Waals surface area contributed by atoms with Crippen molar-refractivity contribution in [3.8, 4) is 0 Å². The smallest absolute Gasteiger partial charge is 0.243 e. The summed E-state index contributed by atoms with van der Waals surface area (Å²) in [5.41, 5.74) is 3.91. The van der Waals surface area contributed by atoms with Gasteiger partial charge in [0.15, 0.2) is 0 Å². The molecule has 0 saturated heterocycles. The van der Waals surface area contributed by atoms with Crippen molar-refractivity contribution in [2.75, 3.05) is 23.8 Å². The second-order valence-electron chi connectivity index (χ2n) is 5.03. The Hall–Kier alpha value is -1.88. The van der Waals surface area contributed by atoms with Crippen LogP contribution in [0.3, 0.4) is 0 Å². The number of halogens is 1. The lowest BCUT2D eigenvalue weighted by molar-refractivity contribution is -0.114. The Bertz CT molecular complexity index is 637. The number of carbonyl (C=O) groups is 1. The number of benzene rings is 1. The molecule has 2 aromatic rings. The van der Waals surface area contributed by atoms with E-state index in [-0.39, 0.29) is 12.5 Å². The molecule has 4 nitrogen and oxygen atoms in total. The van der Waals surface area contributed by atoms with E-state index in [1.54, 1.807) is 12.4 Å². The number of rotatable bonds is 4. The molecule has 0 spiro atoms. The third kappa shape index (κ3) is 4.04. The van der Waals surface area contributed by atoms with E-state index < -0.39 is 0 Å². The van der Waals surface area contributed by atoms with Gasteiger partial charge in [-0.2, -0.15) is 0 Å². The van der Waals surface area contributed by atoms with Crippen molar-refractivity contribution in [2.24, 2.45) is 0 Å². The first-order chi connectivity index (χ1) is 9.97. The Morgan fingerprint density at radius 3 is 2.57 bits per heavy atom. The lowest BCUT2D eigenvalue weighted by Gasteiger charge is -2.19. The maximum atomic E-state index is 12.2. The fourth-order valence-corrected chi connectivity index (χ4v) is 2.46. The predicted octanol–water partition coefficient (Wildman–Crippen LogP) is 3.54. The lowest BCUT2D eigenvalue weighted by Crippen LogP contribution is -2.30. The fraction of sp³-hybridized carbons (Fsp3) is 0.250. The molecule has 0 fully saturated rings. The van der Waals surface area contributed by atoms with Crippen LogP contribution in [-0.2, 0) is 4.79 Å². The highest BCUT2D eigenvalue weighted by Gasteiger charge is 2.11. The molecule has 1 heterocycles. The predicted molar refractivity (Wildman–Crippen MR) is 89.8 cm³/mol. The monoisotopic (exact) mass is 347 g/mol. The summed E-state index contributed by atoms with van der Waals surface area (Å²) in [5, 5.41) is 2.98. The van der Waals surface area contributed by atoms with E-state index in [9.17, 15) is 4.79 Å². The third-order valence-corrected chi connectivity index (χ3v) is 3.69. The Morgan fingerprint density at radius 2 is 1.95 bits per heavy atom. The van der Waals surface area contributed by atoms with Crippen LogP contribution in [0.2, 0.25) is 0 Å². The maximum Gasteiger partial charge on any atom is 0.243 e. The number of pyridine rings is 1. The minimum Gasteiger partial charge on any atom is -0.364 e. The average molecular weight is 348 g/mol. The first-order valence-corrected chi connectivity index (χ1v) is 7.44. The SMILES string of the molecule is Cc1cccc(C)c1NC(=O)CN(C)c1cncc(Br)c1. The van der Waals surface area contributed by atoms with E-state index in [4.69, 9.17) is 0 Å². The zero-order chi connectivity index (χ0) is 15.4. The number of anilines is 2. The summed E-state index contributed by atoms with van der Waals surface area (Å²) >= 11 is 3.38. The number of carbonyl (C=O) groups excluding carboxylic acids is 1. The second-order valence-corrected chi connectivity index (χ2v) is 5.95. The van der Waals surface area contributed by atoms with Crippen molar-refractivity contribution in [3.05, 3.63) is 52.3 Å². The molecule has 0 saturated carbocycles. The number of amides is 1. The Balaban J connectivity index is 2.05. The van der Waals surface area contributed by atoms with Crippen molar-refractivity contribution in [1.29, 1.82) is 0 Å². The fourth-order valence-electron chi connectivity index (χ4n) is 2.11. The Kier molecular flexibility index (Phi) is 4.96. The normalized spacial score (nSPS) is 10.3. The van der Waals surface area contributed by atoms with Crippen LogP contribution in [-0.4, -0.2) is 24.5 Å². The highest BCUT2D eigenvalue weighted by Crippen LogP contribution is 2.20. The minimum atomic E-state index is -0.0464. The average Bonchev–Trinajstić information content (AvgIpc) is 2.43. The van der Waals surface area contributed by atoms with Crippen molar-refractivity contribution in [1.82, 2.24) is 4.98 Å². The lowest BCUT2D eigenvalue weighted by atomic mass is 10.1. The summed E-state index contributed by atoms with van der Waals surface area (Å²) in [6.45, 7) is 4.25. The molecule has 21 heavy (non-hydrogen) atoms. The van der Waals surface area contributed by atoms with Crippen molar-refractivity contribution in [3.63, 3.8) is 0 Å². The molecular weight excluding hydrogens is 330 g/mol. The van der Waals surface area contributed by atoms with Crippen LogP contribution >= 0.6 is 15.9 Å². The molecule has 0 atom stereocenters. The van der Waals surface area contributed by atoms with Gasteiger partial charge >= 0.3 is 0 Å². The van der Waals surface area contributed by atoms with Crippen molar-refractivity contribution in [2.45, 2.75) is 13.8 Å². The van der Waals surface area contributed by atoms with E-state index in [1.807, 2.05) is 50.1 Å². The zero-order valence-electron chi connectivity index (χ0n) is 12.4. The molecule has 1 aromatic carbocycles. The van der Waals surface area contributed by atoms with E-state index in [1.165, 1.54) is 0 Å². The second kappa shape index (κ2) is 6.72. The van der Waals surface area contributed by atoms with E-state index >= 15 is 0 Å². The number of para-hydroxylation sites is 1. The summed E-state index contributed by atoms with van der Waals surface area (Å²) in [7, 11) is 1.87. The van der Waals surface area contributed by atoms with Crippen molar-refractivity contribution < 1.29 is 4.79 Å². The van der Waals surface area contributed by atoms with Crippen LogP contribution in [0.25, 0.3) is 0 Å². The molecule has 0 unspecified atom stereocenters. The van der Waals surface area contributed by atoms with E-state index in [0.29, 0.717) is 0 Å². The molecule has 0 aliphatic carbocycles.